The summed E-state index contributed by atoms with van der Waals surface area (Å²) in [6.45, 7) is 0. The third kappa shape index (κ3) is 2.60. The fourth-order valence-corrected chi connectivity index (χ4v) is 2.17. The molecular formula is C13H17FN2. The number of aliphatic imine (C=N–C) groups is 1. The van der Waals surface area contributed by atoms with Gasteiger partial charge in [-0.25, -0.2) is 9.38 Å². The first-order valence-electron chi connectivity index (χ1n) is 5.86. The van der Waals surface area contributed by atoms with Crippen LogP contribution in [0, 0.1) is 11.7 Å². The van der Waals surface area contributed by atoms with Gasteiger partial charge < -0.3 is 5.73 Å². The van der Waals surface area contributed by atoms with E-state index in [0.29, 0.717) is 17.4 Å². The summed E-state index contributed by atoms with van der Waals surface area (Å²) in [5.41, 5.74) is 6.29. The Labute approximate surface area is 95.4 Å². The molecule has 1 aliphatic carbocycles. The van der Waals surface area contributed by atoms with Crippen LogP contribution in [0.3, 0.4) is 0 Å². The van der Waals surface area contributed by atoms with Crippen LogP contribution in [-0.4, -0.2) is 5.84 Å². The molecule has 0 atom stereocenters. The normalized spacial score (nSPS) is 18.7. The number of nitrogens with zero attached hydrogens (tertiary/aromatic N) is 1. The molecule has 0 saturated heterocycles. The molecule has 1 aliphatic rings. The van der Waals surface area contributed by atoms with Crippen LogP contribution in [0.5, 0.6) is 0 Å². The molecular weight excluding hydrogens is 203 g/mol. The zero-order valence-electron chi connectivity index (χ0n) is 9.32. The second-order valence-electron chi connectivity index (χ2n) is 4.32. The highest BCUT2D eigenvalue weighted by atomic mass is 19.1. The lowest BCUT2D eigenvalue weighted by Crippen LogP contribution is -2.25. The molecule has 0 heterocycles. The predicted molar refractivity (Wildman–Crippen MR) is 64.3 cm³/mol. The fraction of sp³-hybridized carbons (Fsp3) is 0.462. The number of hydrogen-bond acceptors (Lipinski definition) is 1. The summed E-state index contributed by atoms with van der Waals surface area (Å²) >= 11 is 0. The van der Waals surface area contributed by atoms with E-state index in [-0.39, 0.29) is 5.82 Å². The molecule has 16 heavy (non-hydrogen) atoms. The zero-order valence-corrected chi connectivity index (χ0v) is 9.32. The van der Waals surface area contributed by atoms with Gasteiger partial charge in [-0.15, -0.1) is 0 Å². The Kier molecular flexibility index (Phi) is 3.54. The molecule has 0 unspecified atom stereocenters. The summed E-state index contributed by atoms with van der Waals surface area (Å²) < 4.78 is 13.4. The molecule has 0 aliphatic heterocycles. The van der Waals surface area contributed by atoms with Crippen LogP contribution < -0.4 is 5.73 Å². The highest BCUT2D eigenvalue weighted by Gasteiger charge is 2.17. The molecule has 1 aromatic rings. The smallest absolute Gasteiger partial charge is 0.148 e. The molecule has 2 nitrogen and oxygen atoms in total. The van der Waals surface area contributed by atoms with Gasteiger partial charge in [0.05, 0.1) is 0 Å². The van der Waals surface area contributed by atoms with Gasteiger partial charge >= 0.3 is 0 Å². The molecule has 2 N–H and O–H groups in total. The minimum absolute atomic E-state index is 0.304. The number of amidine groups is 1. The van der Waals surface area contributed by atoms with E-state index >= 15 is 0 Å². The summed E-state index contributed by atoms with van der Waals surface area (Å²) in [5, 5.41) is 0. The lowest BCUT2D eigenvalue weighted by molar-refractivity contribution is 0.437. The van der Waals surface area contributed by atoms with E-state index in [0.717, 1.165) is 12.8 Å². The Balaban J connectivity index is 2.13. The molecule has 0 amide bonds. The molecule has 86 valence electrons. The Morgan fingerprint density at radius 3 is 2.56 bits per heavy atom. The number of halogens is 1. The average Bonchev–Trinajstić information content (AvgIpc) is 2.33. The van der Waals surface area contributed by atoms with Gasteiger partial charge in [-0.05, 0) is 25.0 Å². The highest BCUT2D eigenvalue weighted by molar-refractivity contribution is 5.85. The number of benzene rings is 1. The maximum Gasteiger partial charge on any atom is 0.148 e. The Hall–Kier alpha value is -1.38. The molecule has 1 saturated carbocycles. The van der Waals surface area contributed by atoms with Crippen LogP contribution in [0.2, 0.25) is 0 Å². The summed E-state index contributed by atoms with van der Waals surface area (Å²) in [6.07, 6.45) is 5.87. The maximum absolute atomic E-state index is 13.4. The van der Waals surface area contributed by atoms with Gasteiger partial charge in [0, 0.05) is 5.92 Å². The number of rotatable bonds is 2. The first-order chi connectivity index (χ1) is 7.77. The lowest BCUT2D eigenvalue weighted by atomic mass is 9.88. The zero-order chi connectivity index (χ0) is 11.4. The van der Waals surface area contributed by atoms with Crippen LogP contribution in [0.4, 0.5) is 10.1 Å². The molecule has 0 aromatic heterocycles. The minimum atomic E-state index is -0.304. The van der Waals surface area contributed by atoms with Gasteiger partial charge in [0.2, 0.25) is 0 Å². The van der Waals surface area contributed by atoms with Crippen molar-refractivity contribution in [2.75, 3.05) is 0 Å². The van der Waals surface area contributed by atoms with E-state index in [1.165, 1.54) is 25.3 Å². The molecule has 1 aromatic carbocycles. The van der Waals surface area contributed by atoms with Crippen LogP contribution in [0.15, 0.2) is 29.3 Å². The fourth-order valence-electron chi connectivity index (χ4n) is 2.17. The standard InChI is InChI=1S/C13H17FN2/c14-11-8-4-5-9-12(11)16-13(15)10-6-2-1-3-7-10/h4-5,8-10H,1-3,6-7H2,(H2,15,16). The van der Waals surface area contributed by atoms with Gasteiger partial charge in [-0.3, -0.25) is 0 Å². The van der Waals surface area contributed by atoms with Gasteiger partial charge in [0.1, 0.15) is 17.3 Å². The van der Waals surface area contributed by atoms with Crippen molar-refractivity contribution in [3.05, 3.63) is 30.1 Å². The van der Waals surface area contributed by atoms with E-state index in [2.05, 4.69) is 4.99 Å². The van der Waals surface area contributed by atoms with E-state index in [9.17, 15) is 4.39 Å². The highest BCUT2D eigenvalue weighted by Crippen LogP contribution is 2.25. The van der Waals surface area contributed by atoms with Crippen LogP contribution in [0.1, 0.15) is 32.1 Å². The largest absolute Gasteiger partial charge is 0.387 e. The molecule has 2 rings (SSSR count). The molecule has 3 heteroatoms. The number of nitrogens with two attached hydrogens (primary N) is 1. The van der Waals surface area contributed by atoms with Crippen molar-refractivity contribution in [2.45, 2.75) is 32.1 Å². The first kappa shape index (κ1) is 11.1. The minimum Gasteiger partial charge on any atom is -0.387 e. The van der Waals surface area contributed by atoms with E-state index in [1.807, 2.05) is 0 Å². The van der Waals surface area contributed by atoms with Gasteiger partial charge in [0.15, 0.2) is 0 Å². The first-order valence-corrected chi connectivity index (χ1v) is 5.86. The SMILES string of the molecule is NC(=Nc1ccccc1F)C1CCCCC1. The van der Waals surface area contributed by atoms with Crippen molar-refractivity contribution in [3.63, 3.8) is 0 Å². The molecule has 1 fully saturated rings. The number of para-hydroxylation sites is 1. The van der Waals surface area contributed by atoms with Crippen LogP contribution >= 0.6 is 0 Å². The predicted octanol–water partition coefficient (Wildman–Crippen LogP) is 3.39. The average molecular weight is 220 g/mol. The van der Waals surface area contributed by atoms with Gasteiger partial charge in [0.25, 0.3) is 0 Å². The number of hydrogen-bond donors (Lipinski definition) is 1. The quantitative estimate of drug-likeness (QED) is 0.602. The second-order valence-corrected chi connectivity index (χ2v) is 4.32. The van der Waals surface area contributed by atoms with Gasteiger partial charge in [-0.2, -0.15) is 0 Å². The summed E-state index contributed by atoms with van der Waals surface area (Å²) in [5.74, 6) is 0.624. The Bertz CT molecular complexity index is 381. The maximum atomic E-state index is 13.4. The van der Waals surface area contributed by atoms with Crippen LogP contribution in [-0.2, 0) is 0 Å². The van der Waals surface area contributed by atoms with Crippen molar-refractivity contribution < 1.29 is 4.39 Å². The van der Waals surface area contributed by atoms with Crippen molar-refractivity contribution in [1.82, 2.24) is 0 Å². The third-order valence-corrected chi connectivity index (χ3v) is 3.13. The van der Waals surface area contributed by atoms with Crippen molar-refractivity contribution in [2.24, 2.45) is 16.6 Å². The molecule has 0 radical (unpaired) electrons. The van der Waals surface area contributed by atoms with Crippen LogP contribution in [0.25, 0.3) is 0 Å². The van der Waals surface area contributed by atoms with Crippen molar-refractivity contribution >= 4 is 11.5 Å². The Morgan fingerprint density at radius 1 is 1.19 bits per heavy atom. The van der Waals surface area contributed by atoms with E-state index < -0.39 is 0 Å². The van der Waals surface area contributed by atoms with Crippen molar-refractivity contribution in [1.29, 1.82) is 0 Å². The van der Waals surface area contributed by atoms with E-state index in [4.69, 9.17) is 5.73 Å². The Morgan fingerprint density at radius 2 is 1.88 bits per heavy atom. The third-order valence-electron chi connectivity index (χ3n) is 3.13. The van der Waals surface area contributed by atoms with Crippen molar-refractivity contribution in [3.8, 4) is 0 Å². The van der Waals surface area contributed by atoms with Gasteiger partial charge in [-0.1, -0.05) is 31.4 Å². The topological polar surface area (TPSA) is 38.4 Å². The second kappa shape index (κ2) is 5.10. The monoisotopic (exact) mass is 220 g/mol. The lowest BCUT2D eigenvalue weighted by Gasteiger charge is -2.20. The van der Waals surface area contributed by atoms with E-state index in [1.54, 1.807) is 18.2 Å². The molecule has 0 spiro atoms. The summed E-state index contributed by atoms with van der Waals surface area (Å²) in [6, 6.07) is 6.50. The summed E-state index contributed by atoms with van der Waals surface area (Å²) in [4.78, 5) is 4.20. The summed E-state index contributed by atoms with van der Waals surface area (Å²) in [7, 11) is 0. The molecule has 0 bridgehead atoms.